The highest BCUT2D eigenvalue weighted by molar-refractivity contribution is 5.85. The lowest BCUT2D eigenvalue weighted by Gasteiger charge is -1.27. The van der Waals surface area contributed by atoms with Gasteiger partial charge in [0.25, 0.3) is 0 Å². The summed E-state index contributed by atoms with van der Waals surface area (Å²) in [6.45, 7) is 0. The molecule has 3 N–H and O–H groups in total. The van der Waals surface area contributed by atoms with Crippen LogP contribution in [-0.4, -0.2) is 5.21 Å². The molecule has 0 spiro atoms. The molecule has 0 amide bonds. The summed E-state index contributed by atoms with van der Waals surface area (Å²) in [5.41, 5.74) is 0. The Balaban J connectivity index is -0.00000000500. The maximum atomic E-state index is 6.50. The molecule has 30 valence electrons. The van der Waals surface area contributed by atoms with Gasteiger partial charge in [-0.2, -0.15) is 0 Å². The predicted octanol–water partition coefficient (Wildman–Crippen LogP) is 0.392. The maximum absolute atomic E-state index is 6.50. The Morgan fingerprint density at radius 3 is 1.25 bits per heavy atom. The number of hydrogen-bond donors (Lipinski definition) is 2. The van der Waals surface area contributed by atoms with Crippen LogP contribution >= 0.6 is 12.4 Å². The average molecular weight is 85.5 g/mol. The van der Waals surface area contributed by atoms with Gasteiger partial charge in [0.05, 0.1) is 0 Å². The van der Waals surface area contributed by atoms with Crippen molar-refractivity contribution >= 4 is 12.4 Å². The first-order valence-electron chi connectivity index (χ1n) is 0.258. The lowest BCUT2D eigenvalue weighted by atomic mass is 12.0. The Morgan fingerprint density at radius 2 is 1.25 bits per heavy atom. The Bertz CT molecular complexity index is 8.00. The fourth-order valence-corrected chi connectivity index (χ4v) is 0. The summed E-state index contributed by atoms with van der Waals surface area (Å²) >= 11 is 0. The Morgan fingerprint density at radius 1 is 1.25 bits per heavy atom. The van der Waals surface area contributed by atoms with Crippen molar-refractivity contribution in [3.63, 3.8) is 0 Å². The molecule has 0 aliphatic rings. The topological polar surface area (TPSA) is 46.2 Å². The molecule has 0 heterocycles. The molecular formula is CH8ClNO. The third kappa shape index (κ3) is 73.4. The molecule has 0 aromatic carbocycles. The van der Waals surface area contributed by atoms with Gasteiger partial charge in [-0.1, -0.05) is 7.43 Å². The van der Waals surface area contributed by atoms with Crippen molar-refractivity contribution in [3.8, 4) is 0 Å². The smallest absolute Gasteiger partial charge is 0.0776 e. The summed E-state index contributed by atoms with van der Waals surface area (Å²) in [6.07, 6.45) is 0. The second kappa shape index (κ2) is 356. The first-order chi connectivity index (χ1) is 1.00. The third-order valence-electron chi connectivity index (χ3n) is 0. The van der Waals surface area contributed by atoms with E-state index in [0.717, 1.165) is 0 Å². The van der Waals surface area contributed by atoms with Crippen LogP contribution in [0.3, 0.4) is 0 Å². The molecule has 0 aliphatic heterocycles. The molecule has 0 rings (SSSR count). The van der Waals surface area contributed by atoms with Gasteiger partial charge in [-0.15, -0.1) is 12.4 Å². The fraction of sp³-hybridized carbons (Fsp3) is 1.00. The first kappa shape index (κ1) is 29.6. The van der Waals surface area contributed by atoms with E-state index in [-0.39, 0.29) is 19.8 Å². The van der Waals surface area contributed by atoms with E-state index in [9.17, 15) is 0 Å². The van der Waals surface area contributed by atoms with Crippen molar-refractivity contribution in [3.05, 3.63) is 0 Å². The minimum Gasteiger partial charge on any atom is -0.320 e. The summed E-state index contributed by atoms with van der Waals surface area (Å²) < 4.78 is 0. The molecule has 4 heavy (non-hydrogen) atoms. The maximum Gasteiger partial charge on any atom is -0.0776 e. The second-order valence-corrected chi connectivity index (χ2v) is 0. The largest absolute Gasteiger partial charge is 0.320 e. The average Bonchev–Trinajstić information content (AvgIpc) is 1.00. The normalized spacial score (nSPS) is 1.50. The zero-order valence-electron chi connectivity index (χ0n) is 1.43. The van der Waals surface area contributed by atoms with E-state index in [1.807, 2.05) is 0 Å². The van der Waals surface area contributed by atoms with Crippen LogP contribution in [-0.2, 0) is 0 Å². The minimum absolute atomic E-state index is 0. The van der Waals surface area contributed by atoms with Crippen LogP contribution < -0.4 is 5.90 Å². The van der Waals surface area contributed by atoms with Crippen molar-refractivity contribution in [2.24, 2.45) is 5.90 Å². The Kier molecular flexibility index (Phi) is 2630. The monoisotopic (exact) mass is 85.0 g/mol. The molecule has 3 heteroatoms. The van der Waals surface area contributed by atoms with E-state index in [1.165, 1.54) is 0 Å². The van der Waals surface area contributed by atoms with E-state index < -0.39 is 0 Å². The van der Waals surface area contributed by atoms with Gasteiger partial charge >= 0.3 is 0 Å². The predicted molar refractivity (Wildman–Crippen MR) is 20.0 cm³/mol. The highest BCUT2D eigenvalue weighted by Gasteiger charge is 0.732. The lowest BCUT2D eigenvalue weighted by molar-refractivity contribution is 0.311. The van der Waals surface area contributed by atoms with Crippen molar-refractivity contribution in [1.82, 2.24) is 0 Å². The van der Waals surface area contributed by atoms with Crippen LogP contribution in [0, 0.1) is 0 Å². The number of rotatable bonds is 0. The van der Waals surface area contributed by atoms with Crippen molar-refractivity contribution in [2.75, 3.05) is 0 Å². The molecule has 0 fully saturated rings. The van der Waals surface area contributed by atoms with E-state index >= 15 is 0 Å². The molecule has 0 saturated carbocycles. The molecule has 0 atom stereocenters. The SMILES string of the molecule is C.Cl.NO. The van der Waals surface area contributed by atoms with Crippen molar-refractivity contribution in [2.45, 2.75) is 7.43 Å². The van der Waals surface area contributed by atoms with Gasteiger partial charge in [0, 0.05) is 0 Å². The number of hydrogen-bond acceptors (Lipinski definition) is 2. The zero-order valence-corrected chi connectivity index (χ0v) is 2.25. The summed E-state index contributed by atoms with van der Waals surface area (Å²) in [6, 6.07) is 0. The van der Waals surface area contributed by atoms with Gasteiger partial charge in [0.15, 0.2) is 0 Å². The van der Waals surface area contributed by atoms with Gasteiger partial charge in [0.1, 0.15) is 0 Å². The summed E-state index contributed by atoms with van der Waals surface area (Å²) in [4.78, 5) is 0. The van der Waals surface area contributed by atoms with Crippen LogP contribution in [0.15, 0.2) is 0 Å². The molecule has 0 saturated heterocycles. The van der Waals surface area contributed by atoms with Crippen LogP contribution in [0.4, 0.5) is 0 Å². The highest BCUT2D eigenvalue weighted by Crippen LogP contribution is 0.690. The summed E-state index contributed by atoms with van der Waals surface area (Å²) in [5, 5.41) is 6.50. The van der Waals surface area contributed by atoms with E-state index in [4.69, 9.17) is 5.21 Å². The summed E-state index contributed by atoms with van der Waals surface area (Å²) in [7, 11) is 0. The van der Waals surface area contributed by atoms with Crippen molar-refractivity contribution in [1.29, 1.82) is 0 Å². The van der Waals surface area contributed by atoms with Gasteiger partial charge < -0.3 is 5.21 Å². The highest BCUT2D eigenvalue weighted by atomic mass is 35.5. The van der Waals surface area contributed by atoms with Gasteiger partial charge in [-0.25, -0.2) is 5.90 Å². The molecule has 0 aromatic rings. The number of nitrogens with two attached hydrogens (primary N) is 1. The number of halogens is 1. The summed E-state index contributed by atoms with van der Waals surface area (Å²) in [5.74, 6) is 3.50. The molecule has 0 radical (unpaired) electrons. The molecule has 0 aromatic heterocycles. The van der Waals surface area contributed by atoms with E-state index in [0.29, 0.717) is 0 Å². The van der Waals surface area contributed by atoms with E-state index in [2.05, 4.69) is 5.90 Å². The first-order valence-corrected chi connectivity index (χ1v) is 0.258. The van der Waals surface area contributed by atoms with Crippen LogP contribution in [0.1, 0.15) is 7.43 Å². The van der Waals surface area contributed by atoms with Crippen LogP contribution in [0.25, 0.3) is 0 Å². The zero-order chi connectivity index (χ0) is 2.00. The minimum atomic E-state index is 0. The van der Waals surface area contributed by atoms with Crippen LogP contribution in [0.2, 0.25) is 0 Å². The fourth-order valence-electron chi connectivity index (χ4n) is 0. The Hall–Kier alpha value is 0.210. The van der Waals surface area contributed by atoms with Gasteiger partial charge in [-0.3, -0.25) is 0 Å². The lowest BCUT2D eigenvalue weighted by Crippen LogP contribution is -1.72. The molecule has 2 nitrogen and oxygen atoms in total. The van der Waals surface area contributed by atoms with Crippen LogP contribution in [0.5, 0.6) is 0 Å². The molecule has 0 bridgehead atoms. The second-order valence-electron chi connectivity index (χ2n) is 0. The quantitative estimate of drug-likeness (QED) is 0.418. The van der Waals surface area contributed by atoms with Gasteiger partial charge in [0.2, 0.25) is 0 Å². The Labute approximate surface area is 32.0 Å². The standard InChI is InChI=1S/CH4.ClH.H3NO/c;;1-2/h1H4;1H;2H,1H2. The molecular weight excluding hydrogens is 77.5 g/mol. The van der Waals surface area contributed by atoms with Gasteiger partial charge in [-0.05, 0) is 0 Å². The van der Waals surface area contributed by atoms with E-state index in [1.54, 1.807) is 0 Å². The molecule has 0 aliphatic carbocycles. The molecule has 0 unspecified atom stereocenters. The third-order valence-corrected chi connectivity index (χ3v) is 0. The van der Waals surface area contributed by atoms with Crippen molar-refractivity contribution < 1.29 is 5.21 Å².